The summed E-state index contributed by atoms with van der Waals surface area (Å²) in [5.41, 5.74) is 0.530. The Labute approximate surface area is 173 Å². The van der Waals surface area contributed by atoms with Crippen LogP contribution in [0.4, 0.5) is 8.78 Å². The number of nitrogens with zero attached hydrogens (tertiary/aromatic N) is 4. The van der Waals surface area contributed by atoms with E-state index >= 15 is 0 Å². The van der Waals surface area contributed by atoms with Crippen molar-refractivity contribution in [1.82, 2.24) is 19.7 Å². The van der Waals surface area contributed by atoms with Crippen LogP contribution in [-0.2, 0) is 6.42 Å². The molecular weight excluding hydrogens is 390 g/mol. The van der Waals surface area contributed by atoms with Gasteiger partial charge in [-0.15, -0.1) is 11.3 Å². The monoisotopic (exact) mass is 414 g/mol. The molecule has 0 N–H and O–H groups in total. The molecule has 0 radical (unpaired) electrons. The lowest BCUT2D eigenvalue weighted by Gasteiger charge is -2.30. The van der Waals surface area contributed by atoms with Gasteiger partial charge in [-0.25, -0.2) is 18.4 Å². The lowest BCUT2D eigenvalue weighted by atomic mass is 10.1. The molecule has 3 aromatic rings. The second-order valence-electron chi connectivity index (χ2n) is 7.99. The van der Waals surface area contributed by atoms with E-state index in [1.54, 1.807) is 22.1 Å². The molecule has 1 atom stereocenters. The summed E-state index contributed by atoms with van der Waals surface area (Å²) in [6.45, 7) is 1.07. The molecule has 1 saturated carbocycles. The minimum Gasteiger partial charge on any atom is -0.290 e. The van der Waals surface area contributed by atoms with E-state index in [2.05, 4.69) is 11.0 Å². The first-order chi connectivity index (χ1) is 14.2. The maximum atomic E-state index is 14.0. The Hall–Kier alpha value is -2.12. The molecule has 1 unspecified atom stereocenters. The van der Waals surface area contributed by atoms with E-state index in [-0.39, 0.29) is 6.04 Å². The Bertz CT molecular complexity index is 979. The van der Waals surface area contributed by atoms with Crippen molar-refractivity contribution in [1.29, 1.82) is 0 Å². The van der Waals surface area contributed by atoms with Crippen molar-refractivity contribution in [3.05, 3.63) is 63.9 Å². The fraction of sp³-hybridized carbons (Fsp3) is 0.455. The topological polar surface area (TPSA) is 34.0 Å². The van der Waals surface area contributed by atoms with Gasteiger partial charge in [-0.3, -0.25) is 4.90 Å². The number of benzene rings is 1. The molecule has 0 bridgehead atoms. The van der Waals surface area contributed by atoms with Crippen molar-refractivity contribution < 1.29 is 8.78 Å². The van der Waals surface area contributed by atoms with Gasteiger partial charge in [-0.1, -0.05) is 18.9 Å². The minimum atomic E-state index is -0.858. The zero-order valence-electron chi connectivity index (χ0n) is 16.2. The maximum absolute atomic E-state index is 14.0. The highest BCUT2D eigenvalue weighted by Gasteiger charge is 2.36. The summed E-state index contributed by atoms with van der Waals surface area (Å²) >= 11 is 1.68. The number of halogens is 2. The van der Waals surface area contributed by atoms with E-state index in [1.807, 2.05) is 11.4 Å². The van der Waals surface area contributed by atoms with Crippen LogP contribution in [0.5, 0.6) is 0 Å². The van der Waals surface area contributed by atoms with Gasteiger partial charge in [-0.05, 0) is 55.8 Å². The maximum Gasteiger partial charge on any atom is 0.160 e. The lowest BCUT2D eigenvalue weighted by molar-refractivity contribution is 0.175. The Kier molecular flexibility index (Phi) is 5.18. The third-order valence-electron chi connectivity index (χ3n) is 6.12. The summed E-state index contributed by atoms with van der Waals surface area (Å²) in [5.74, 6) is -0.122. The number of rotatable bonds is 5. The van der Waals surface area contributed by atoms with Crippen LogP contribution in [0.2, 0.25) is 0 Å². The summed E-state index contributed by atoms with van der Waals surface area (Å²) in [6, 6.07) is 8.83. The van der Waals surface area contributed by atoms with Gasteiger partial charge in [0.1, 0.15) is 5.82 Å². The van der Waals surface area contributed by atoms with Crippen molar-refractivity contribution in [2.24, 2.45) is 0 Å². The van der Waals surface area contributed by atoms with E-state index in [9.17, 15) is 8.78 Å². The molecule has 5 rings (SSSR count). The molecule has 1 aliphatic heterocycles. The quantitative estimate of drug-likeness (QED) is 0.570. The molecule has 1 aromatic carbocycles. The number of likely N-dealkylation sites (tertiary alicyclic amines) is 1. The van der Waals surface area contributed by atoms with Crippen LogP contribution < -0.4 is 0 Å². The molecule has 2 aliphatic rings. The highest BCUT2D eigenvalue weighted by molar-refractivity contribution is 7.09. The van der Waals surface area contributed by atoms with Gasteiger partial charge in [0.15, 0.2) is 17.5 Å². The molecule has 152 valence electrons. The van der Waals surface area contributed by atoms with E-state index in [0.29, 0.717) is 18.2 Å². The van der Waals surface area contributed by atoms with E-state index < -0.39 is 11.6 Å². The number of thiophene rings is 1. The standard InChI is InChI=1S/C22H24F2N4S/c23-18-10-9-16(13-19(18)24)28-22(25-21(26-28)14-17-7-4-12-29-17)20-8-3-11-27(20)15-5-1-2-6-15/h4,7,9-10,12-13,15,20H,1-3,5-6,8,11,14H2. The third-order valence-corrected chi connectivity index (χ3v) is 7.00. The lowest BCUT2D eigenvalue weighted by Crippen LogP contribution is -2.34. The molecule has 0 spiro atoms. The zero-order valence-corrected chi connectivity index (χ0v) is 17.0. The average Bonchev–Trinajstić information content (AvgIpc) is 3.51. The number of aromatic nitrogens is 3. The predicted molar refractivity (Wildman–Crippen MR) is 109 cm³/mol. The van der Waals surface area contributed by atoms with Gasteiger partial charge in [0, 0.05) is 23.4 Å². The molecule has 7 heteroatoms. The van der Waals surface area contributed by atoms with Crippen LogP contribution in [0.25, 0.3) is 5.69 Å². The van der Waals surface area contributed by atoms with Crippen LogP contribution in [0, 0.1) is 11.6 Å². The summed E-state index contributed by atoms with van der Waals surface area (Å²) in [7, 11) is 0. The van der Waals surface area contributed by atoms with Crippen LogP contribution in [0.1, 0.15) is 61.1 Å². The van der Waals surface area contributed by atoms with E-state index in [1.165, 1.54) is 42.7 Å². The minimum absolute atomic E-state index is 0.177. The first-order valence-electron chi connectivity index (χ1n) is 10.4. The van der Waals surface area contributed by atoms with Crippen LogP contribution >= 0.6 is 11.3 Å². The van der Waals surface area contributed by atoms with Crippen LogP contribution in [0.3, 0.4) is 0 Å². The summed E-state index contributed by atoms with van der Waals surface area (Å²) < 4.78 is 29.2. The van der Waals surface area contributed by atoms with Crippen molar-refractivity contribution in [3.8, 4) is 5.69 Å². The largest absolute Gasteiger partial charge is 0.290 e. The Morgan fingerprint density at radius 2 is 1.90 bits per heavy atom. The average molecular weight is 415 g/mol. The van der Waals surface area contributed by atoms with Crippen LogP contribution in [0.15, 0.2) is 35.7 Å². The van der Waals surface area contributed by atoms with E-state index in [4.69, 9.17) is 10.1 Å². The number of hydrogen-bond donors (Lipinski definition) is 0. The van der Waals surface area contributed by atoms with Gasteiger partial charge >= 0.3 is 0 Å². The molecular formula is C22H24F2N4S. The fourth-order valence-corrected chi connectivity index (χ4v) is 5.48. The van der Waals surface area contributed by atoms with E-state index in [0.717, 1.165) is 31.0 Å². The molecule has 1 aliphatic carbocycles. The second kappa shape index (κ2) is 7.95. The second-order valence-corrected chi connectivity index (χ2v) is 9.02. The molecule has 1 saturated heterocycles. The Morgan fingerprint density at radius 1 is 1.03 bits per heavy atom. The van der Waals surface area contributed by atoms with Gasteiger partial charge in [0.05, 0.1) is 11.7 Å². The van der Waals surface area contributed by atoms with Crippen molar-refractivity contribution in [3.63, 3.8) is 0 Å². The summed E-state index contributed by atoms with van der Waals surface area (Å²) in [5, 5.41) is 6.77. The molecule has 29 heavy (non-hydrogen) atoms. The van der Waals surface area contributed by atoms with Crippen molar-refractivity contribution in [2.45, 2.75) is 57.0 Å². The van der Waals surface area contributed by atoms with Gasteiger partial charge < -0.3 is 0 Å². The normalized spacial score (nSPS) is 20.7. The van der Waals surface area contributed by atoms with Crippen molar-refractivity contribution in [2.75, 3.05) is 6.54 Å². The summed E-state index contributed by atoms with van der Waals surface area (Å²) in [4.78, 5) is 8.68. The van der Waals surface area contributed by atoms with Crippen molar-refractivity contribution >= 4 is 11.3 Å². The Balaban J connectivity index is 1.54. The summed E-state index contributed by atoms with van der Waals surface area (Å²) in [6.07, 6.45) is 7.84. The third kappa shape index (κ3) is 3.73. The van der Waals surface area contributed by atoms with Crippen LogP contribution in [-0.4, -0.2) is 32.3 Å². The number of hydrogen-bond acceptors (Lipinski definition) is 4. The fourth-order valence-electron chi connectivity index (χ4n) is 4.77. The molecule has 2 aromatic heterocycles. The smallest absolute Gasteiger partial charge is 0.160 e. The zero-order chi connectivity index (χ0) is 19.8. The predicted octanol–water partition coefficient (Wildman–Crippen LogP) is 5.28. The molecule has 2 fully saturated rings. The molecule has 0 amide bonds. The highest BCUT2D eigenvalue weighted by Crippen LogP contribution is 2.38. The first-order valence-corrected chi connectivity index (χ1v) is 11.3. The highest BCUT2D eigenvalue weighted by atomic mass is 32.1. The van der Waals surface area contributed by atoms with Gasteiger partial charge in [-0.2, -0.15) is 5.10 Å². The SMILES string of the molecule is Fc1ccc(-n2nc(Cc3cccs3)nc2C2CCCN2C2CCCC2)cc1F. The molecule has 4 nitrogen and oxygen atoms in total. The van der Waals surface area contributed by atoms with Gasteiger partial charge in [0.2, 0.25) is 0 Å². The Morgan fingerprint density at radius 3 is 2.66 bits per heavy atom. The molecule has 3 heterocycles. The first kappa shape index (κ1) is 18.9. The van der Waals surface area contributed by atoms with Gasteiger partial charge in [0.25, 0.3) is 0 Å².